The summed E-state index contributed by atoms with van der Waals surface area (Å²) in [5.74, 6) is -0.562. The topological polar surface area (TPSA) is 152 Å². The normalized spacial score (nSPS) is 12.4. The number of nitro groups is 1. The Morgan fingerprint density at radius 3 is 2.58 bits per heavy atom. The maximum atomic E-state index is 12.9. The summed E-state index contributed by atoms with van der Waals surface area (Å²) in [5.41, 5.74) is 2.70. The third-order valence-corrected chi connectivity index (χ3v) is 5.50. The van der Waals surface area contributed by atoms with Gasteiger partial charge >= 0.3 is 0 Å². The Labute approximate surface area is 212 Å². The lowest BCUT2D eigenvalue weighted by Gasteiger charge is -2.09. The van der Waals surface area contributed by atoms with Crippen molar-refractivity contribution in [2.75, 3.05) is 6.79 Å². The summed E-state index contributed by atoms with van der Waals surface area (Å²) < 4.78 is 10.7. The highest BCUT2D eigenvalue weighted by atomic mass is 79.9. The predicted octanol–water partition coefficient (Wildman–Crippen LogP) is 3.71. The van der Waals surface area contributed by atoms with Crippen LogP contribution < -0.4 is 20.2 Å². The van der Waals surface area contributed by atoms with E-state index in [1.165, 1.54) is 6.08 Å². The maximum absolute atomic E-state index is 12.9. The van der Waals surface area contributed by atoms with E-state index in [2.05, 4.69) is 31.8 Å². The first-order chi connectivity index (χ1) is 17.3. The molecule has 0 aliphatic carbocycles. The van der Waals surface area contributed by atoms with Crippen molar-refractivity contribution in [2.24, 2.45) is 5.10 Å². The summed E-state index contributed by atoms with van der Waals surface area (Å²) in [5, 5.41) is 27.5. The average molecular weight is 553 g/mol. The number of carbonyl (C=O) groups excluding carboxylic acids is 2. The Kier molecular flexibility index (Phi) is 7.25. The number of phenols is 1. The number of non-ortho nitro benzene ring substituents is 1. The monoisotopic (exact) mass is 552 g/mol. The molecule has 0 spiro atoms. The summed E-state index contributed by atoms with van der Waals surface area (Å²) in [6.07, 6.45) is 2.47. The number of nitro benzene ring substituents is 1. The lowest BCUT2D eigenvalue weighted by atomic mass is 10.1. The second kappa shape index (κ2) is 10.7. The molecule has 0 unspecified atom stereocenters. The minimum Gasteiger partial charge on any atom is -0.506 e. The first kappa shape index (κ1) is 24.4. The van der Waals surface area contributed by atoms with E-state index in [1.54, 1.807) is 48.5 Å². The van der Waals surface area contributed by atoms with Gasteiger partial charge < -0.3 is 19.9 Å². The highest BCUT2D eigenvalue weighted by Crippen LogP contribution is 2.33. The molecule has 36 heavy (non-hydrogen) atoms. The van der Waals surface area contributed by atoms with Crippen LogP contribution in [-0.4, -0.2) is 34.9 Å². The van der Waals surface area contributed by atoms with Gasteiger partial charge in [0.05, 0.1) is 15.6 Å². The van der Waals surface area contributed by atoms with Gasteiger partial charge in [0, 0.05) is 23.3 Å². The fraction of sp³-hybridized carbons (Fsp3) is 0.0417. The SMILES string of the molecule is O=C(N/N=C/c1cc([N+](=O)[O-])cc(Br)c1O)/C(=C/c1ccc2c(c1)OCO2)NC(=O)c1ccccc1. The molecule has 3 N–H and O–H groups in total. The van der Waals surface area contributed by atoms with Crippen LogP contribution >= 0.6 is 15.9 Å². The molecule has 11 nitrogen and oxygen atoms in total. The average Bonchev–Trinajstić information content (AvgIpc) is 3.34. The van der Waals surface area contributed by atoms with Gasteiger partial charge in [-0.3, -0.25) is 19.7 Å². The summed E-state index contributed by atoms with van der Waals surface area (Å²) >= 11 is 3.04. The Bertz CT molecular complexity index is 1410. The molecule has 0 saturated carbocycles. The highest BCUT2D eigenvalue weighted by molar-refractivity contribution is 9.10. The van der Waals surface area contributed by atoms with E-state index in [-0.39, 0.29) is 34.0 Å². The highest BCUT2D eigenvalue weighted by Gasteiger charge is 2.17. The molecule has 182 valence electrons. The summed E-state index contributed by atoms with van der Waals surface area (Å²) in [7, 11) is 0. The Balaban J connectivity index is 1.59. The molecule has 0 radical (unpaired) electrons. The fourth-order valence-electron chi connectivity index (χ4n) is 3.14. The summed E-state index contributed by atoms with van der Waals surface area (Å²) in [4.78, 5) is 36.1. The van der Waals surface area contributed by atoms with Crippen LogP contribution in [0.15, 0.2) is 75.9 Å². The number of halogens is 1. The molecule has 12 heteroatoms. The molecule has 3 aromatic rings. The van der Waals surface area contributed by atoms with Crippen molar-refractivity contribution < 1.29 is 29.1 Å². The largest absolute Gasteiger partial charge is 0.506 e. The first-order valence-electron chi connectivity index (χ1n) is 10.3. The third kappa shape index (κ3) is 5.67. The zero-order valence-electron chi connectivity index (χ0n) is 18.3. The number of nitrogens with one attached hydrogen (secondary N) is 2. The molecular formula is C24H17BrN4O7. The van der Waals surface area contributed by atoms with Gasteiger partial charge in [0.2, 0.25) is 6.79 Å². The van der Waals surface area contributed by atoms with Crippen LogP contribution in [0.3, 0.4) is 0 Å². The van der Waals surface area contributed by atoms with E-state index in [1.807, 2.05) is 0 Å². The molecule has 0 bridgehead atoms. The number of carbonyl (C=O) groups is 2. The molecule has 1 aliphatic heterocycles. The van der Waals surface area contributed by atoms with Crippen molar-refractivity contribution in [3.05, 3.63) is 97.6 Å². The minimum atomic E-state index is -0.780. The van der Waals surface area contributed by atoms with E-state index >= 15 is 0 Å². The number of hydrazone groups is 1. The number of phenolic OH excluding ortho intramolecular Hbond substituents is 1. The van der Waals surface area contributed by atoms with Gasteiger partial charge in [0.1, 0.15) is 11.4 Å². The zero-order chi connectivity index (χ0) is 25.7. The van der Waals surface area contributed by atoms with Crippen LogP contribution in [0.4, 0.5) is 5.69 Å². The van der Waals surface area contributed by atoms with E-state index in [9.17, 15) is 24.8 Å². The van der Waals surface area contributed by atoms with Gasteiger partial charge in [-0.05, 0) is 51.8 Å². The van der Waals surface area contributed by atoms with Crippen LogP contribution in [0.5, 0.6) is 17.2 Å². The van der Waals surface area contributed by atoms with Crippen LogP contribution in [0, 0.1) is 10.1 Å². The van der Waals surface area contributed by atoms with Crippen LogP contribution in [0.2, 0.25) is 0 Å². The standard InChI is InChI=1S/C24H17BrN4O7/c25-18-11-17(29(33)34)10-16(22(18)30)12-26-28-24(32)19(27-23(31)15-4-2-1-3-5-15)8-14-6-7-20-21(9-14)36-13-35-20/h1-12,30H,13H2,(H,27,31)(H,28,32)/b19-8-,26-12+. The van der Waals surface area contributed by atoms with Gasteiger partial charge in [0.15, 0.2) is 11.5 Å². The first-order valence-corrected chi connectivity index (χ1v) is 11.1. The number of fused-ring (bicyclic) bond motifs is 1. The Morgan fingerprint density at radius 1 is 1.08 bits per heavy atom. The second-order valence-corrected chi connectivity index (χ2v) is 8.17. The smallest absolute Gasteiger partial charge is 0.287 e. The number of hydrogen-bond donors (Lipinski definition) is 3. The van der Waals surface area contributed by atoms with Gasteiger partial charge in [-0.1, -0.05) is 24.3 Å². The van der Waals surface area contributed by atoms with Crippen molar-refractivity contribution in [1.82, 2.24) is 10.7 Å². The van der Waals surface area contributed by atoms with E-state index in [4.69, 9.17) is 9.47 Å². The molecule has 0 saturated heterocycles. The van der Waals surface area contributed by atoms with Crippen molar-refractivity contribution in [3.8, 4) is 17.2 Å². The summed E-state index contributed by atoms with van der Waals surface area (Å²) in [6, 6.07) is 15.5. The van der Waals surface area contributed by atoms with Crippen LogP contribution in [0.1, 0.15) is 21.5 Å². The molecule has 4 rings (SSSR count). The molecule has 0 atom stereocenters. The number of aromatic hydroxyl groups is 1. The van der Waals surface area contributed by atoms with Gasteiger partial charge in [-0.2, -0.15) is 5.10 Å². The van der Waals surface area contributed by atoms with Crippen molar-refractivity contribution in [3.63, 3.8) is 0 Å². The molecule has 3 aromatic carbocycles. The van der Waals surface area contributed by atoms with Crippen molar-refractivity contribution in [2.45, 2.75) is 0 Å². The lowest BCUT2D eigenvalue weighted by Crippen LogP contribution is -2.32. The van der Waals surface area contributed by atoms with Gasteiger partial charge in [0.25, 0.3) is 17.5 Å². The molecule has 1 heterocycles. The van der Waals surface area contributed by atoms with Crippen molar-refractivity contribution in [1.29, 1.82) is 0 Å². The Morgan fingerprint density at radius 2 is 1.83 bits per heavy atom. The molecule has 0 fully saturated rings. The number of hydrogen-bond acceptors (Lipinski definition) is 8. The lowest BCUT2D eigenvalue weighted by molar-refractivity contribution is -0.385. The van der Waals surface area contributed by atoms with E-state index in [0.29, 0.717) is 22.6 Å². The number of nitrogens with zero attached hydrogens (tertiary/aromatic N) is 2. The van der Waals surface area contributed by atoms with Crippen LogP contribution in [-0.2, 0) is 4.79 Å². The van der Waals surface area contributed by atoms with E-state index < -0.39 is 16.7 Å². The molecule has 0 aromatic heterocycles. The quantitative estimate of drug-likeness (QED) is 0.175. The number of ether oxygens (including phenoxy) is 2. The fourth-order valence-corrected chi connectivity index (χ4v) is 3.61. The Hall–Kier alpha value is -4.71. The van der Waals surface area contributed by atoms with Gasteiger partial charge in [-0.25, -0.2) is 5.43 Å². The number of rotatable bonds is 7. The second-order valence-electron chi connectivity index (χ2n) is 7.31. The number of amides is 2. The molecule has 2 amide bonds. The molecule has 1 aliphatic rings. The predicted molar refractivity (Wildman–Crippen MR) is 133 cm³/mol. The van der Waals surface area contributed by atoms with E-state index in [0.717, 1.165) is 18.3 Å². The van der Waals surface area contributed by atoms with Crippen molar-refractivity contribution >= 4 is 45.7 Å². The zero-order valence-corrected chi connectivity index (χ0v) is 19.9. The molecular weight excluding hydrogens is 536 g/mol. The van der Waals surface area contributed by atoms with Gasteiger partial charge in [-0.15, -0.1) is 0 Å². The number of benzene rings is 3. The third-order valence-electron chi connectivity index (χ3n) is 4.89. The van der Waals surface area contributed by atoms with Crippen LogP contribution in [0.25, 0.3) is 6.08 Å². The summed E-state index contributed by atoms with van der Waals surface area (Å²) in [6.45, 7) is 0.0793. The maximum Gasteiger partial charge on any atom is 0.287 e. The minimum absolute atomic E-state index is 0.00834.